The Labute approximate surface area is 112 Å². The van der Waals surface area contributed by atoms with Gasteiger partial charge in [-0.05, 0) is 39.2 Å². The smallest absolute Gasteiger partial charge is 0.0674 e. The fourth-order valence-corrected chi connectivity index (χ4v) is 3.69. The van der Waals surface area contributed by atoms with Gasteiger partial charge < -0.3 is 10.1 Å². The third kappa shape index (κ3) is 3.46. The summed E-state index contributed by atoms with van der Waals surface area (Å²) in [7, 11) is 2.10. The second-order valence-corrected chi connectivity index (χ2v) is 6.51. The molecule has 0 aromatic rings. The first-order valence-corrected chi connectivity index (χ1v) is 7.65. The molecule has 2 fully saturated rings. The Morgan fingerprint density at radius 1 is 1.22 bits per heavy atom. The summed E-state index contributed by atoms with van der Waals surface area (Å²) < 4.78 is 5.75. The van der Waals surface area contributed by atoms with Gasteiger partial charge in [-0.3, -0.25) is 4.90 Å². The van der Waals surface area contributed by atoms with Crippen LogP contribution in [0.5, 0.6) is 0 Å². The molecule has 2 rings (SSSR count). The van der Waals surface area contributed by atoms with Crippen molar-refractivity contribution in [2.24, 2.45) is 5.41 Å². The molecule has 1 saturated carbocycles. The van der Waals surface area contributed by atoms with Gasteiger partial charge in [0, 0.05) is 25.7 Å². The average Bonchev–Trinajstić information content (AvgIpc) is 2.35. The van der Waals surface area contributed by atoms with Gasteiger partial charge in [-0.2, -0.15) is 0 Å². The van der Waals surface area contributed by atoms with Crippen molar-refractivity contribution < 1.29 is 4.74 Å². The molecule has 0 aromatic heterocycles. The lowest BCUT2D eigenvalue weighted by atomic mass is 9.73. The number of ether oxygens (including phenoxy) is 1. The van der Waals surface area contributed by atoms with Gasteiger partial charge in [-0.15, -0.1) is 0 Å². The predicted octanol–water partition coefficient (Wildman–Crippen LogP) is 2.27. The van der Waals surface area contributed by atoms with Crippen molar-refractivity contribution >= 4 is 0 Å². The Kier molecular flexibility index (Phi) is 5.05. The Balaban J connectivity index is 1.98. The van der Waals surface area contributed by atoms with Crippen LogP contribution in [0.25, 0.3) is 0 Å². The van der Waals surface area contributed by atoms with Crippen LogP contribution in [0.4, 0.5) is 0 Å². The van der Waals surface area contributed by atoms with E-state index in [4.69, 9.17) is 4.74 Å². The molecular formula is C15H30N2O. The van der Waals surface area contributed by atoms with Crippen LogP contribution in [-0.2, 0) is 4.74 Å². The summed E-state index contributed by atoms with van der Waals surface area (Å²) in [4.78, 5) is 2.66. The van der Waals surface area contributed by atoms with Gasteiger partial charge in [0.15, 0.2) is 0 Å². The normalized spacial score (nSPS) is 33.5. The molecule has 0 amide bonds. The van der Waals surface area contributed by atoms with E-state index in [2.05, 4.69) is 31.1 Å². The van der Waals surface area contributed by atoms with E-state index in [1.807, 2.05) is 0 Å². The Hall–Kier alpha value is -0.120. The summed E-state index contributed by atoms with van der Waals surface area (Å²) in [5.41, 5.74) is 0.512. The van der Waals surface area contributed by atoms with Crippen molar-refractivity contribution in [3.05, 3.63) is 0 Å². The number of nitrogens with one attached hydrogen (secondary N) is 1. The molecule has 0 bridgehead atoms. The molecule has 0 radical (unpaired) electrons. The van der Waals surface area contributed by atoms with Crippen LogP contribution < -0.4 is 5.32 Å². The largest absolute Gasteiger partial charge is 0.376 e. The van der Waals surface area contributed by atoms with Gasteiger partial charge >= 0.3 is 0 Å². The fraction of sp³-hybridized carbons (Fsp3) is 1.00. The second kappa shape index (κ2) is 6.36. The minimum absolute atomic E-state index is 0.399. The maximum Gasteiger partial charge on any atom is 0.0674 e. The number of morpholine rings is 1. The van der Waals surface area contributed by atoms with Gasteiger partial charge in [-0.1, -0.05) is 19.3 Å². The molecule has 0 aromatic carbocycles. The zero-order valence-electron chi connectivity index (χ0n) is 12.4. The maximum atomic E-state index is 5.75. The topological polar surface area (TPSA) is 24.5 Å². The summed E-state index contributed by atoms with van der Waals surface area (Å²) in [5.74, 6) is 0. The summed E-state index contributed by atoms with van der Waals surface area (Å²) in [5, 5.41) is 3.44. The quantitative estimate of drug-likeness (QED) is 0.833. The monoisotopic (exact) mass is 254 g/mol. The highest BCUT2D eigenvalue weighted by Gasteiger charge is 2.36. The molecule has 2 atom stereocenters. The highest BCUT2D eigenvalue weighted by atomic mass is 16.5. The molecule has 0 spiro atoms. The highest BCUT2D eigenvalue weighted by molar-refractivity contribution is 4.90. The molecule has 1 N–H and O–H groups in total. The minimum Gasteiger partial charge on any atom is -0.376 e. The molecule has 2 unspecified atom stereocenters. The van der Waals surface area contributed by atoms with Crippen LogP contribution in [0.3, 0.4) is 0 Å². The molecule has 2 aliphatic rings. The zero-order valence-corrected chi connectivity index (χ0v) is 12.4. The van der Waals surface area contributed by atoms with Crippen molar-refractivity contribution in [1.29, 1.82) is 0 Å². The van der Waals surface area contributed by atoms with Gasteiger partial charge in [0.1, 0.15) is 0 Å². The molecular weight excluding hydrogens is 224 g/mol. The van der Waals surface area contributed by atoms with Crippen molar-refractivity contribution in [3.8, 4) is 0 Å². The third-order valence-electron chi connectivity index (χ3n) is 4.74. The van der Waals surface area contributed by atoms with Crippen molar-refractivity contribution in [3.63, 3.8) is 0 Å². The number of hydrogen-bond donors (Lipinski definition) is 1. The fourth-order valence-electron chi connectivity index (χ4n) is 3.69. The molecule has 3 heteroatoms. The van der Waals surface area contributed by atoms with Crippen molar-refractivity contribution in [1.82, 2.24) is 10.2 Å². The lowest BCUT2D eigenvalue weighted by Crippen LogP contribution is -2.53. The zero-order chi connectivity index (χ0) is 13.0. The Bertz CT molecular complexity index is 245. The van der Waals surface area contributed by atoms with E-state index in [-0.39, 0.29) is 0 Å². The Morgan fingerprint density at radius 3 is 2.61 bits per heavy atom. The molecule has 18 heavy (non-hydrogen) atoms. The van der Waals surface area contributed by atoms with E-state index < -0.39 is 0 Å². The molecule has 3 nitrogen and oxygen atoms in total. The van der Waals surface area contributed by atoms with E-state index in [0.29, 0.717) is 17.6 Å². The van der Waals surface area contributed by atoms with Crippen LogP contribution >= 0.6 is 0 Å². The third-order valence-corrected chi connectivity index (χ3v) is 4.74. The lowest BCUT2D eigenvalue weighted by molar-refractivity contribution is -0.0666. The minimum atomic E-state index is 0.399. The maximum absolute atomic E-state index is 5.75. The number of hydrogen-bond acceptors (Lipinski definition) is 3. The summed E-state index contributed by atoms with van der Waals surface area (Å²) in [6.07, 6.45) is 7.45. The molecule has 106 valence electrons. The van der Waals surface area contributed by atoms with Crippen LogP contribution in [0.1, 0.15) is 46.0 Å². The number of nitrogens with zero attached hydrogens (tertiary/aromatic N) is 1. The highest BCUT2D eigenvalue weighted by Crippen LogP contribution is 2.37. The van der Waals surface area contributed by atoms with E-state index >= 15 is 0 Å². The van der Waals surface area contributed by atoms with Crippen LogP contribution in [-0.4, -0.2) is 50.3 Å². The van der Waals surface area contributed by atoms with Crippen LogP contribution in [0, 0.1) is 5.41 Å². The van der Waals surface area contributed by atoms with Gasteiger partial charge in [0.25, 0.3) is 0 Å². The van der Waals surface area contributed by atoms with E-state index in [1.54, 1.807) is 0 Å². The van der Waals surface area contributed by atoms with Crippen LogP contribution in [0.15, 0.2) is 0 Å². The van der Waals surface area contributed by atoms with Gasteiger partial charge in [-0.25, -0.2) is 0 Å². The molecule has 1 heterocycles. The second-order valence-electron chi connectivity index (χ2n) is 6.51. The molecule has 1 aliphatic heterocycles. The van der Waals surface area contributed by atoms with E-state index in [9.17, 15) is 0 Å². The van der Waals surface area contributed by atoms with E-state index in [0.717, 1.165) is 13.2 Å². The lowest BCUT2D eigenvalue weighted by Gasteiger charge is -2.45. The standard InChI is InChI=1S/C15H30N2O/c1-13-10-18-14(2)9-17(13)12-15(11-16-3)7-5-4-6-8-15/h13-14,16H,4-12H2,1-3H3. The van der Waals surface area contributed by atoms with Gasteiger partial charge in [0.05, 0.1) is 12.7 Å². The first-order valence-electron chi connectivity index (χ1n) is 7.65. The first-order chi connectivity index (χ1) is 8.65. The van der Waals surface area contributed by atoms with E-state index in [1.165, 1.54) is 45.2 Å². The number of rotatable bonds is 4. The van der Waals surface area contributed by atoms with Crippen molar-refractivity contribution in [2.75, 3.05) is 33.3 Å². The van der Waals surface area contributed by atoms with Gasteiger partial charge in [0.2, 0.25) is 0 Å². The summed E-state index contributed by atoms with van der Waals surface area (Å²) in [6.45, 7) is 8.93. The summed E-state index contributed by atoms with van der Waals surface area (Å²) >= 11 is 0. The Morgan fingerprint density at radius 2 is 1.94 bits per heavy atom. The molecule has 1 saturated heterocycles. The SMILES string of the molecule is CNCC1(CN2CC(C)OCC2C)CCCCC1. The summed E-state index contributed by atoms with van der Waals surface area (Å²) in [6, 6.07) is 0.580. The predicted molar refractivity (Wildman–Crippen MR) is 75.9 cm³/mol. The first kappa shape index (κ1) is 14.3. The molecule has 1 aliphatic carbocycles. The van der Waals surface area contributed by atoms with Crippen LogP contribution in [0.2, 0.25) is 0 Å². The average molecular weight is 254 g/mol. The van der Waals surface area contributed by atoms with Crippen molar-refractivity contribution in [2.45, 2.75) is 58.1 Å².